The second kappa shape index (κ2) is 2.41. The Morgan fingerprint density at radius 3 is 2.92 bits per heavy atom. The smallest absolute Gasteiger partial charge is 0.155 e. The molecule has 0 radical (unpaired) electrons. The highest BCUT2D eigenvalue weighted by Gasteiger charge is 2.39. The fourth-order valence-electron chi connectivity index (χ4n) is 2.55. The zero-order valence-electron chi connectivity index (χ0n) is 7.53. The zero-order chi connectivity index (χ0) is 8.73. The van der Waals surface area contributed by atoms with Crippen LogP contribution in [0.25, 0.3) is 0 Å². The number of aromatic nitrogens is 1. The normalized spacial score (nSPS) is 22.5. The van der Waals surface area contributed by atoms with Crippen LogP contribution in [0.5, 0.6) is 0 Å². The van der Waals surface area contributed by atoms with Gasteiger partial charge in [0, 0.05) is 23.4 Å². The molecule has 3 rings (SSSR count). The van der Waals surface area contributed by atoms with E-state index in [1.54, 1.807) is 0 Å². The third kappa shape index (κ3) is 0.886. The molecule has 2 aliphatic rings. The summed E-state index contributed by atoms with van der Waals surface area (Å²) in [5.41, 5.74) is 1.62. The van der Waals surface area contributed by atoms with Crippen LogP contribution in [0.15, 0.2) is 23.3 Å². The van der Waals surface area contributed by atoms with E-state index >= 15 is 0 Å². The summed E-state index contributed by atoms with van der Waals surface area (Å²) < 4.78 is 0. The van der Waals surface area contributed by atoms with Crippen LogP contribution in [-0.2, 0) is 5.41 Å². The molecule has 0 atom stereocenters. The van der Waals surface area contributed by atoms with Gasteiger partial charge in [-0.2, -0.15) is 0 Å². The van der Waals surface area contributed by atoms with Crippen molar-refractivity contribution in [3.8, 4) is 0 Å². The van der Waals surface area contributed by atoms with Gasteiger partial charge in [0.05, 0.1) is 0 Å². The van der Waals surface area contributed by atoms with Crippen LogP contribution in [0.1, 0.15) is 31.2 Å². The lowest BCUT2D eigenvalue weighted by molar-refractivity contribution is 0.623. The van der Waals surface area contributed by atoms with Crippen LogP contribution in [-0.4, -0.2) is 11.2 Å². The molecule has 1 spiro atoms. The van der Waals surface area contributed by atoms with Gasteiger partial charge < -0.3 is 0 Å². The molecule has 1 aliphatic carbocycles. The molecular formula is C11H12N2. The van der Waals surface area contributed by atoms with Gasteiger partial charge in [0.25, 0.3) is 0 Å². The Hall–Kier alpha value is -1.18. The molecule has 1 saturated carbocycles. The summed E-state index contributed by atoms with van der Waals surface area (Å²) >= 11 is 0. The predicted octanol–water partition coefficient (Wildman–Crippen LogP) is 2.61. The van der Waals surface area contributed by atoms with Gasteiger partial charge in [0.15, 0.2) is 5.82 Å². The van der Waals surface area contributed by atoms with E-state index in [1.807, 2.05) is 12.3 Å². The SMILES string of the molecule is C1=Nc2ncccc2C12CCCC2. The van der Waals surface area contributed by atoms with Crippen molar-refractivity contribution in [1.29, 1.82) is 0 Å². The van der Waals surface area contributed by atoms with E-state index in [1.165, 1.54) is 31.2 Å². The number of hydrogen-bond donors (Lipinski definition) is 0. The Balaban J connectivity index is 2.16. The third-order valence-electron chi connectivity index (χ3n) is 3.25. The molecule has 0 amide bonds. The lowest BCUT2D eigenvalue weighted by atomic mass is 9.82. The highest BCUT2D eigenvalue weighted by molar-refractivity contribution is 5.84. The molecule has 2 nitrogen and oxygen atoms in total. The molecule has 2 heterocycles. The average Bonchev–Trinajstić information content (AvgIpc) is 2.78. The molecule has 13 heavy (non-hydrogen) atoms. The maximum Gasteiger partial charge on any atom is 0.155 e. The van der Waals surface area contributed by atoms with Crippen molar-refractivity contribution in [2.45, 2.75) is 31.1 Å². The topological polar surface area (TPSA) is 25.2 Å². The molecule has 0 aromatic carbocycles. The zero-order valence-corrected chi connectivity index (χ0v) is 7.53. The quantitative estimate of drug-likeness (QED) is 0.590. The molecular weight excluding hydrogens is 160 g/mol. The maximum absolute atomic E-state index is 4.40. The molecule has 0 N–H and O–H groups in total. The van der Waals surface area contributed by atoms with Gasteiger partial charge in [-0.3, -0.25) is 0 Å². The highest BCUT2D eigenvalue weighted by atomic mass is 14.9. The summed E-state index contributed by atoms with van der Waals surface area (Å²) in [6.07, 6.45) is 9.13. The van der Waals surface area contributed by atoms with E-state index in [2.05, 4.69) is 22.3 Å². The van der Waals surface area contributed by atoms with Gasteiger partial charge in [-0.05, 0) is 18.9 Å². The van der Waals surface area contributed by atoms with Crippen molar-refractivity contribution >= 4 is 12.0 Å². The van der Waals surface area contributed by atoms with Gasteiger partial charge in [0.2, 0.25) is 0 Å². The second-order valence-corrected chi connectivity index (χ2v) is 4.00. The van der Waals surface area contributed by atoms with E-state index in [0.717, 1.165) is 5.82 Å². The van der Waals surface area contributed by atoms with E-state index in [-0.39, 0.29) is 5.41 Å². The highest BCUT2D eigenvalue weighted by Crippen LogP contribution is 2.46. The fourth-order valence-corrected chi connectivity index (χ4v) is 2.55. The summed E-state index contributed by atoms with van der Waals surface area (Å²) in [5, 5.41) is 0. The summed E-state index contributed by atoms with van der Waals surface area (Å²) in [5.74, 6) is 0.949. The summed E-state index contributed by atoms with van der Waals surface area (Å²) in [6.45, 7) is 0. The lowest BCUT2D eigenvalue weighted by Crippen LogP contribution is -2.20. The number of rotatable bonds is 0. The van der Waals surface area contributed by atoms with Gasteiger partial charge in [-0.15, -0.1) is 0 Å². The number of nitrogens with zero attached hydrogens (tertiary/aromatic N) is 2. The minimum absolute atomic E-state index is 0.267. The van der Waals surface area contributed by atoms with Crippen LogP contribution >= 0.6 is 0 Å². The van der Waals surface area contributed by atoms with Gasteiger partial charge in [0.1, 0.15) is 0 Å². The first-order chi connectivity index (χ1) is 6.41. The molecule has 0 unspecified atom stereocenters. The Labute approximate surface area is 77.7 Å². The van der Waals surface area contributed by atoms with Gasteiger partial charge >= 0.3 is 0 Å². The van der Waals surface area contributed by atoms with Crippen molar-refractivity contribution in [2.75, 3.05) is 0 Å². The van der Waals surface area contributed by atoms with Crippen LogP contribution in [0, 0.1) is 0 Å². The van der Waals surface area contributed by atoms with Crippen LogP contribution in [0.4, 0.5) is 5.82 Å². The molecule has 0 bridgehead atoms. The number of pyridine rings is 1. The largest absolute Gasteiger partial charge is 0.240 e. The molecule has 1 aromatic rings. The second-order valence-electron chi connectivity index (χ2n) is 4.00. The van der Waals surface area contributed by atoms with E-state index in [4.69, 9.17) is 0 Å². The first-order valence-electron chi connectivity index (χ1n) is 4.91. The minimum atomic E-state index is 0.267. The monoisotopic (exact) mass is 172 g/mol. The molecule has 1 fully saturated rings. The Morgan fingerprint density at radius 2 is 2.08 bits per heavy atom. The minimum Gasteiger partial charge on any atom is -0.240 e. The summed E-state index contributed by atoms with van der Waals surface area (Å²) in [4.78, 5) is 8.68. The van der Waals surface area contributed by atoms with Crippen LogP contribution in [0.2, 0.25) is 0 Å². The molecule has 2 heteroatoms. The molecule has 0 saturated heterocycles. The summed E-state index contributed by atoms with van der Waals surface area (Å²) in [7, 11) is 0. The van der Waals surface area contributed by atoms with E-state index in [0.29, 0.717) is 0 Å². The Kier molecular flexibility index (Phi) is 1.34. The first-order valence-corrected chi connectivity index (χ1v) is 4.91. The number of aliphatic imine (C=N–C) groups is 1. The van der Waals surface area contributed by atoms with Crippen LogP contribution < -0.4 is 0 Å². The average molecular weight is 172 g/mol. The van der Waals surface area contributed by atoms with E-state index in [9.17, 15) is 0 Å². The molecule has 66 valence electrons. The molecule has 1 aliphatic heterocycles. The lowest BCUT2D eigenvalue weighted by Gasteiger charge is -2.19. The van der Waals surface area contributed by atoms with Gasteiger partial charge in [-0.1, -0.05) is 18.9 Å². The van der Waals surface area contributed by atoms with Crippen molar-refractivity contribution in [2.24, 2.45) is 4.99 Å². The first kappa shape index (κ1) is 7.25. The van der Waals surface area contributed by atoms with Crippen LogP contribution in [0.3, 0.4) is 0 Å². The summed E-state index contributed by atoms with van der Waals surface area (Å²) in [6, 6.07) is 4.20. The van der Waals surface area contributed by atoms with Crippen molar-refractivity contribution in [3.05, 3.63) is 23.9 Å². The predicted molar refractivity (Wildman–Crippen MR) is 52.5 cm³/mol. The number of fused-ring (bicyclic) bond motifs is 2. The van der Waals surface area contributed by atoms with E-state index < -0.39 is 0 Å². The molecule has 1 aromatic heterocycles. The van der Waals surface area contributed by atoms with Crippen molar-refractivity contribution in [3.63, 3.8) is 0 Å². The Morgan fingerprint density at radius 1 is 1.23 bits per heavy atom. The fraction of sp³-hybridized carbons (Fsp3) is 0.455. The number of hydrogen-bond acceptors (Lipinski definition) is 2. The maximum atomic E-state index is 4.40. The Bertz CT molecular complexity index is 362. The van der Waals surface area contributed by atoms with Crippen molar-refractivity contribution < 1.29 is 0 Å². The third-order valence-corrected chi connectivity index (χ3v) is 3.25. The van der Waals surface area contributed by atoms with Crippen molar-refractivity contribution in [1.82, 2.24) is 4.98 Å². The van der Waals surface area contributed by atoms with Gasteiger partial charge in [-0.25, -0.2) is 9.98 Å². The standard InChI is InChI=1S/C11H12N2/c1-2-6-11(5-1)8-13-10-9(11)4-3-7-12-10/h3-4,7-8H,1-2,5-6H2.